The first kappa shape index (κ1) is 13.7. The molecule has 108 valence electrons. The van der Waals surface area contributed by atoms with Gasteiger partial charge in [-0.15, -0.1) is 0 Å². The zero-order chi connectivity index (χ0) is 14.8. The van der Waals surface area contributed by atoms with Gasteiger partial charge in [0.1, 0.15) is 11.5 Å². The number of hydrogen-bond acceptors (Lipinski definition) is 3. The van der Waals surface area contributed by atoms with Gasteiger partial charge in [0.2, 0.25) is 0 Å². The zero-order valence-electron chi connectivity index (χ0n) is 12.5. The van der Waals surface area contributed by atoms with Crippen molar-refractivity contribution >= 4 is 10.8 Å². The summed E-state index contributed by atoms with van der Waals surface area (Å²) in [6, 6.07) is 14.4. The van der Waals surface area contributed by atoms with E-state index in [1.807, 2.05) is 31.3 Å². The lowest BCUT2D eigenvalue weighted by atomic mass is 9.95. The predicted molar refractivity (Wildman–Crippen MR) is 84.8 cm³/mol. The Morgan fingerprint density at radius 2 is 1.81 bits per heavy atom. The number of aryl methyl sites for hydroxylation is 1. The summed E-state index contributed by atoms with van der Waals surface area (Å²) < 4.78 is 11.1. The van der Waals surface area contributed by atoms with E-state index in [4.69, 9.17) is 9.15 Å². The van der Waals surface area contributed by atoms with Gasteiger partial charge in [-0.05, 0) is 42.6 Å². The van der Waals surface area contributed by atoms with Crippen LogP contribution in [0.5, 0.6) is 5.75 Å². The first-order valence-corrected chi connectivity index (χ1v) is 7.03. The number of ether oxygens (including phenoxy) is 1. The molecule has 3 aromatic rings. The first-order chi connectivity index (χ1) is 10.3. The Bertz CT molecular complexity index is 761. The lowest BCUT2D eigenvalue weighted by Gasteiger charge is -2.19. The topological polar surface area (TPSA) is 34.4 Å². The van der Waals surface area contributed by atoms with Crippen LogP contribution >= 0.6 is 0 Å². The largest absolute Gasteiger partial charge is 0.496 e. The molecule has 1 aromatic heterocycles. The Kier molecular flexibility index (Phi) is 3.67. The van der Waals surface area contributed by atoms with Gasteiger partial charge in [0.15, 0.2) is 0 Å². The van der Waals surface area contributed by atoms with Crippen LogP contribution in [0.15, 0.2) is 53.1 Å². The molecule has 1 N–H and O–H groups in total. The average molecular weight is 281 g/mol. The van der Waals surface area contributed by atoms with Gasteiger partial charge < -0.3 is 14.5 Å². The SMILES string of the molecule is CNC(c1occc1C)c1ccc(OC)c2ccccc12. The normalized spacial score (nSPS) is 12.5. The highest BCUT2D eigenvalue weighted by molar-refractivity contribution is 5.91. The number of fused-ring (bicyclic) bond motifs is 1. The molecule has 0 fully saturated rings. The molecule has 0 bridgehead atoms. The van der Waals surface area contributed by atoms with E-state index in [1.54, 1.807) is 13.4 Å². The molecule has 0 aliphatic rings. The number of furan rings is 1. The Hall–Kier alpha value is -2.26. The van der Waals surface area contributed by atoms with Crippen LogP contribution in [0.4, 0.5) is 0 Å². The third kappa shape index (κ3) is 2.30. The van der Waals surface area contributed by atoms with Gasteiger partial charge in [0, 0.05) is 5.39 Å². The van der Waals surface area contributed by atoms with E-state index in [-0.39, 0.29) is 6.04 Å². The minimum absolute atomic E-state index is 0.0239. The average Bonchev–Trinajstić information content (AvgIpc) is 2.94. The molecule has 21 heavy (non-hydrogen) atoms. The summed E-state index contributed by atoms with van der Waals surface area (Å²) in [5.74, 6) is 1.84. The molecule has 3 rings (SSSR count). The van der Waals surface area contributed by atoms with Gasteiger partial charge in [0.25, 0.3) is 0 Å². The quantitative estimate of drug-likeness (QED) is 0.783. The fourth-order valence-corrected chi connectivity index (χ4v) is 2.83. The standard InChI is InChI=1S/C18H19NO2/c1-12-10-11-21-18(12)17(19-2)15-8-9-16(20-3)14-7-5-4-6-13(14)15/h4-11,17,19H,1-3H3. The molecule has 3 heteroatoms. The smallest absolute Gasteiger partial charge is 0.128 e. The molecule has 0 saturated heterocycles. The summed E-state index contributed by atoms with van der Waals surface area (Å²) in [5, 5.41) is 5.64. The fraction of sp³-hybridized carbons (Fsp3) is 0.222. The van der Waals surface area contributed by atoms with Gasteiger partial charge in [-0.2, -0.15) is 0 Å². The molecule has 0 spiro atoms. The highest BCUT2D eigenvalue weighted by Crippen LogP contribution is 2.34. The third-order valence-corrected chi connectivity index (χ3v) is 3.90. The molecule has 0 aliphatic heterocycles. The van der Waals surface area contributed by atoms with Gasteiger partial charge in [-0.3, -0.25) is 0 Å². The summed E-state index contributed by atoms with van der Waals surface area (Å²) in [7, 11) is 3.65. The Balaban J connectivity index is 2.22. The first-order valence-electron chi connectivity index (χ1n) is 7.03. The van der Waals surface area contributed by atoms with Crippen LogP contribution < -0.4 is 10.1 Å². The van der Waals surface area contributed by atoms with Crippen LogP contribution in [-0.4, -0.2) is 14.2 Å². The van der Waals surface area contributed by atoms with Crippen LogP contribution in [0.3, 0.4) is 0 Å². The molecule has 2 aromatic carbocycles. The zero-order valence-corrected chi connectivity index (χ0v) is 12.5. The molecule has 1 atom stereocenters. The van der Waals surface area contributed by atoms with Crippen LogP contribution in [-0.2, 0) is 0 Å². The summed E-state index contributed by atoms with van der Waals surface area (Å²) in [5.41, 5.74) is 2.33. The van der Waals surface area contributed by atoms with E-state index in [2.05, 4.69) is 30.4 Å². The van der Waals surface area contributed by atoms with Crippen LogP contribution in [0, 0.1) is 6.92 Å². The lowest BCUT2D eigenvalue weighted by molar-refractivity contribution is 0.419. The lowest BCUT2D eigenvalue weighted by Crippen LogP contribution is -2.18. The molecule has 0 amide bonds. The number of nitrogens with one attached hydrogen (secondary N) is 1. The Labute approximate surface area is 124 Å². The molecule has 0 aliphatic carbocycles. The Morgan fingerprint density at radius 1 is 1.05 bits per heavy atom. The maximum atomic E-state index is 5.68. The highest BCUT2D eigenvalue weighted by Gasteiger charge is 2.20. The van der Waals surface area contributed by atoms with Crippen molar-refractivity contribution in [2.24, 2.45) is 0 Å². The van der Waals surface area contributed by atoms with Crippen molar-refractivity contribution in [3.8, 4) is 5.75 Å². The summed E-state index contributed by atoms with van der Waals surface area (Å²) >= 11 is 0. The van der Waals surface area contributed by atoms with E-state index in [9.17, 15) is 0 Å². The molecule has 1 heterocycles. The fourth-order valence-electron chi connectivity index (χ4n) is 2.83. The third-order valence-electron chi connectivity index (χ3n) is 3.90. The minimum Gasteiger partial charge on any atom is -0.496 e. The van der Waals surface area contributed by atoms with Crippen LogP contribution in [0.1, 0.15) is 22.9 Å². The number of methoxy groups -OCH3 is 1. The molecule has 1 unspecified atom stereocenters. The molecule has 0 radical (unpaired) electrons. The van der Waals surface area contributed by atoms with Crippen molar-refractivity contribution in [3.05, 3.63) is 65.6 Å². The minimum atomic E-state index is 0.0239. The van der Waals surface area contributed by atoms with Crippen LogP contribution in [0.25, 0.3) is 10.8 Å². The second-order valence-corrected chi connectivity index (χ2v) is 5.09. The van der Waals surface area contributed by atoms with Gasteiger partial charge in [0.05, 0.1) is 19.4 Å². The number of benzene rings is 2. The van der Waals surface area contributed by atoms with Gasteiger partial charge in [-0.1, -0.05) is 30.3 Å². The molecule has 3 nitrogen and oxygen atoms in total. The Morgan fingerprint density at radius 3 is 2.43 bits per heavy atom. The van der Waals surface area contributed by atoms with Gasteiger partial charge >= 0.3 is 0 Å². The molecule has 0 saturated carbocycles. The molecular weight excluding hydrogens is 262 g/mol. The summed E-state index contributed by atoms with van der Waals surface area (Å²) in [6.45, 7) is 2.06. The van der Waals surface area contributed by atoms with E-state index in [0.717, 1.165) is 22.5 Å². The van der Waals surface area contributed by atoms with E-state index >= 15 is 0 Å². The molecular formula is C18H19NO2. The van der Waals surface area contributed by atoms with E-state index in [0.29, 0.717) is 0 Å². The van der Waals surface area contributed by atoms with Gasteiger partial charge in [-0.25, -0.2) is 0 Å². The summed E-state index contributed by atoms with van der Waals surface area (Å²) in [6.07, 6.45) is 1.74. The number of hydrogen-bond donors (Lipinski definition) is 1. The van der Waals surface area contributed by atoms with E-state index in [1.165, 1.54) is 10.9 Å². The number of rotatable bonds is 4. The van der Waals surface area contributed by atoms with Crippen molar-refractivity contribution in [2.75, 3.05) is 14.2 Å². The van der Waals surface area contributed by atoms with Crippen LogP contribution in [0.2, 0.25) is 0 Å². The second-order valence-electron chi connectivity index (χ2n) is 5.09. The maximum absolute atomic E-state index is 5.68. The predicted octanol–water partition coefficient (Wildman–Crippen LogP) is 4.06. The van der Waals surface area contributed by atoms with E-state index < -0.39 is 0 Å². The second kappa shape index (κ2) is 5.62. The maximum Gasteiger partial charge on any atom is 0.128 e. The monoisotopic (exact) mass is 281 g/mol. The van der Waals surface area contributed by atoms with Crippen molar-refractivity contribution in [2.45, 2.75) is 13.0 Å². The highest BCUT2D eigenvalue weighted by atomic mass is 16.5. The van der Waals surface area contributed by atoms with Crippen molar-refractivity contribution in [3.63, 3.8) is 0 Å². The van der Waals surface area contributed by atoms with Crippen molar-refractivity contribution in [1.29, 1.82) is 0 Å². The van der Waals surface area contributed by atoms with Crippen molar-refractivity contribution in [1.82, 2.24) is 5.32 Å². The van der Waals surface area contributed by atoms with Crippen molar-refractivity contribution < 1.29 is 9.15 Å². The summed E-state index contributed by atoms with van der Waals surface area (Å²) in [4.78, 5) is 0.